The molecule has 29 heavy (non-hydrogen) atoms. The number of rotatable bonds is 5. The fourth-order valence-electron chi connectivity index (χ4n) is 5.73. The molecule has 0 radical (unpaired) electrons. The number of fused-ring (bicyclic) bond motifs is 6. The van der Waals surface area contributed by atoms with Gasteiger partial charge < -0.3 is 4.90 Å². The Hall–Kier alpha value is -2.09. The lowest BCUT2D eigenvalue weighted by molar-refractivity contribution is 0.194. The van der Waals surface area contributed by atoms with Gasteiger partial charge in [-0.3, -0.25) is 4.98 Å². The third-order valence-electron chi connectivity index (χ3n) is 7.11. The Balaban J connectivity index is 1.94. The molecule has 0 bridgehead atoms. The summed E-state index contributed by atoms with van der Waals surface area (Å²) < 4.78 is 0. The van der Waals surface area contributed by atoms with E-state index in [-0.39, 0.29) is 5.41 Å². The van der Waals surface area contributed by atoms with E-state index in [0.29, 0.717) is 12.0 Å². The Labute approximate surface area is 177 Å². The van der Waals surface area contributed by atoms with Crippen LogP contribution >= 0.6 is 0 Å². The lowest BCUT2D eigenvalue weighted by Crippen LogP contribution is -2.45. The van der Waals surface area contributed by atoms with Gasteiger partial charge in [0.15, 0.2) is 0 Å². The van der Waals surface area contributed by atoms with Crippen LogP contribution in [0, 0.1) is 5.41 Å². The Morgan fingerprint density at radius 1 is 1.24 bits per heavy atom. The van der Waals surface area contributed by atoms with E-state index in [1.54, 1.807) is 0 Å². The maximum Gasteiger partial charge on any atom is 0.0905 e. The van der Waals surface area contributed by atoms with Gasteiger partial charge in [-0.25, -0.2) is 0 Å². The predicted molar refractivity (Wildman–Crippen MR) is 124 cm³/mol. The van der Waals surface area contributed by atoms with Gasteiger partial charge in [0.2, 0.25) is 0 Å². The molecule has 4 rings (SSSR count). The SMILES string of the molecule is C=C(C)C1=CN2C(=CC1=C)c1nc(CCC)c(CCC)cc1C1CCC(C)(C)C12. The van der Waals surface area contributed by atoms with Gasteiger partial charge >= 0.3 is 0 Å². The second-order valence-corrected chi connectivity index (χ2v) is 9.90. The summed E-state index contributed by atoms with van der Waals surface area (Å²) in [5.41, 5.74) is 10.3. The Morgan fingerprint density at radius 3 is 2.62 bits per heavy atom. The van der Waals surface area contributed by atoms with E-state index in [9.17, 15) is 0 Å². The van der Waals surface area contributed by atoms with Crippen molar-refractivity contribution in [2.45, 2.75) is 85.1 Å². The van der Waals surface area contributed by atoms with Crippen molar-refractivity contribution in [3.63, 3.8) is 0 Å². The zero-order chi connectivity index (χ0) is 20.9. The van der Waals surface area contributed by atoms with Gasteiger partial charge in [0.1, 0.15) is 0 Å². The summed E-state index contributed by atoms with van der Waals surface area (Å²) in [6.45, 7) is 20.0. The van der Waals surface area contributed by atoms with Crippen LogP contribution in [-0.4, -0.2) is 15.9 Å². The first-order valence-corrected chi connectivity index (χ1v) is 11.4. The van der Waals surface area contributed by atoms with Gasteiger partial charge in [0, 0.05) is 23.9 Å². The summed E-state index contributed by atoms with van der Waals surface area (Å²) in [6.07, 6.45) is 11.6. The van der Waals surface area contributed by atoms with Crippen molar-refractivity contribution in [3.05, 3.63) is 70.7 Å². The summed E-state index contributed by atoms with van der Waals surface area (Å²) in [5, 5.41) is 0. The molecule has 1 fully saturated rings. The number of hydrogen-bond acceptors (Lipinski definition) is 2. The van der Waals surface area contributed by atoms with Crippen LogP contribution in [0.1, 0.15) is 88.7 Å². The highest BCUT2D eigenvalue weighted by Crippen LogP contribution is 2.56. The van der Waals surface area contributed by atoms with Gasteiger partial charge in [-0.1, -0.05) is 59.8 Å². The average molecular weight is 389 g/mol. The number of aryl methyl sites for hydroxylation is 2. The monoisotopic (exact) mass is 388 g/mol. The first-order chi connectivity index (χ1) is 13.8. The van der Waals surface area contributed by atoms with Gasteiger partial charge in [-0.2, -0.15) is 0 Å². The van der Waals surface area contributed by atoms with Crippen LogP contribution in [0.2, 0.25) is 0 Å². The van der Waals surface area contributed by atoms with Crippen molar-refractivity contribution in [1.29, 1.82) is 0 Å². The summed E-state index contributed by atoms with van der Waals surface area (Å²) >= 11 is 0. The zero-order valence-electron chi connectivity index (χ0n) is 18.9. The lowest BCUT2D eigenvalue weighted by Gasteiger charge is -2.47. The van der Waals surface area contributed by atoms with E-state index in [4.69, 9.17) is 4.98 Å². The van der Waals surface area contributed by atoms with Crippen molar-refractivity contribution < 1.29 is 0 Å². The van der Waals surface area contributed by atoms with Crippen LogP contribution in [0.25, 0.3) is 5.70 Å². The third kappa shape index (κ3) is 3.21. The van der Waals surface area contributed by atoms with E-state index in [0.717, 1.165) is 30.4 Å². The topological polar surface area (TPSA) is 16.1 Å². The minimum atomic E-state index is 0.268. The van der Waals surface area contributed by atoms with E-state index in [1.165, 1.54) is 53.0 Å². The first kappa shape index (κ1) is 20.2. The van der Waals surface area contributed by atoms with Crippen molar-refractivity contribution in [3.8, 4) is 0 Å². The normalized spacial score (nSPS) is 24.4. The largest absolute Gasteiger partial charge is 0.341 e. The highest BCUT2D eigenvalue weighted by atomic mass is 15.2. The highest BCUT2D eigenvalue weighted by Gasteiger charge is 2.50. The summed E-state index contributed by atoms with van der Waals surface area (Å²) in [7, 11) is 0. The minimum absolute atomic E-state index is 0.268. The van der Waals surface area contributed by atoms with Crippen LogP contribution in [0.3, 0.4) is 0 Å². The fourth-order valence-corrected chi connectivity index (χ4v) is 5.73. The maximum atomic E-state index is 5.32. The summed E-state index contributed by atoms with van der Waals surface area (Å²) in [4.78, 5) is 7.84. The standard InChI is InChI=1S/C27H36N2/c1-8-10-19-15-21-20-12-13-27(6,7)26(20)29-16-22(17(3)4)18(5)14-24(29)25(21)28-23(19)11-9-2/h14-16,20,26H,3,5,8-13H2,1-2,4,6-7H3. The van der Waals surface area contributed by atoms with Gasteiger partial charge in [-0.05, 0) is 71.9 Å². The van der Waals surface area contributed by atoms with Crippen LogP contribution in [0.5, 0.6) is 0 Å². The number of pyridine rings is 1. The second kappa shape index (κ2) is 7.31. The Kier molecular flexibility index (Phi) is 5.09. The molecule has 3 aliphatic rings. The molecule has 2 heteroatoms. The molecule has 1 aliphatic carbocycles. The molecule has 154 valence electrons. The highest BCUT2D eigenvalue weighted by molar-refractivity contribution is 5.76. The van der Waals surface area contributed by atoms with Crippen molar-refractivity contribution >= 4 is 5.70 Å². The smallest absolute Gasteiger partial charge is 0.0905 e. The molecule has 1 aromatic rings. The van der Waals surface area contributed by atoms with Crippen molar-refractivity contribution in [2.75, 3.05) is 0 Å². The first-order valence-electron chi connectivity index (χ1n) is 11.4. The Morgan fingerprint density at radius 2 is 1.97 bits per heavy atom. The molecule has 2 aliphatic heterocycles. The van der Waals surface area contributed by atoms with Crippen LogP contribution in [0.4, 0.5) is 0 Å². The average Bonchev–Trinajstić information content (AvgIpc) is 2.98. The van der Waals surface area contributed by atoms with Crippen LogP contribution in [0.15, 0.2) is 48.2 Å². The van der Waals surface area contributed by atoms with Crippen LogP contribution < -0.4 is 0 Å². The summed E-state index contributed by atoms with van der Waals surface area (Å²) in [5.74, 6) is 0.546. The molecule has 0 aromatic carbocycles. The second-order valence-electron chi connectivity index (χ2n) is 9.90. The quantitative estimate of drug-likeness (QED) is 0.543. The molecule has 2 nitrogen and oxygen atoms in total. The number of hydrogen-bond donors (Lipinski definition) is 0. The van der Waals surface area contributed by atoms with Gasteiger partial charge in [0.05, 0.1) is 11.4 Å². The molecule has 2 unspecified atom stereocenters. The lowest BCUT2D eigenvalue weighted by atomic mass is 9.76. The zero-order valence-corrected chi connectivity index (χ0v) is 18.9. The molecule has 0 amide bonds. The van der Waals surface area contributed by atoms with E-state index in [2.05, 4.69) is 71.0 Å². The van der Waals surface area contributed by atoms with Crippen molar-refractivity contribution in [1.82, 2.24) is 9.88 Å². The number of aromatic nitrogens is 1. The van der Waals surface area contributed by atoms with Crippen LogP contribution in [-0.2, 0) is 12.8 Å². The number of allylic oxidation sites excluding steroid dienone is 4. The molecule has 0 saturated heterocycles. The molecule has 1 aromatic heterocycles. The van der Waals surface area contributed by atoms with Gasteiger partial charge in [-0.15, -0.1) is 0 Å². The molecule has 2 atom stereocenters. The molecule has 1 saturated carbocycles. The molecular formula is C27H36N2. The fraction of sp³-hybridized carbons (Fsp3) is 0.519. The van der Waals surface area contributed by atoms with Gasteiger partial charge in [0.25, 0.3) is 0 Å². The molecular weight excluding hydrogens is 352 g/mol. The minimum Gasteiger partial charge on any atom is -0.341 e. The third-order valence-corrected chi connectivity index (χ3v) is 7.11. The molecule has 0 spiro atoms. The summed E-state index contributed by atoms with van der Waals surface area (Å²) in [6, 6.07) is 2.99. The predicted octanol–water partition coefficient (Wildman–Crippen LogP) is 6.95. The Bertz CT molecular complexity index is 928. The van der Waals surface area contributed by atoms with E-state index < -0.39 is 0 Å². The van der Waals surface area contributed by atoms with E-state index >= 15 is 0 Å². The molecule has 0 N–H and O–H groups in total. The number of nitrogens with zero attached hydrogens (tertiary/aromatic N) is 2. The maximum absolute atomic E-state index is 5.32. The van der Waals surface area contributed by atoms with E-state index in [1.807, 2.05) is 0 Å². The molecule has 3 heterocycles. The van der Waals surface area contributed by atoms with Crippen molar-refractivity contribution in [2.24, 2.45) is 5.41 Å².